The predicted octanol–water partition coefficient (Wildman–Crippen LogP) is 1.42. The maximum atomic E-state index is 13.6. The van der Waals surface area contributed by atoms with E-state index in [1.54, 1.807) is 0 Å². The number of aromatic nitrogens is 1. The van der Waals surface area contributed by atoms with E-state index in [0.29, 0.717) is 12.5 Å². The normalized spacial score (nSPS) is 15.6. The molecule has 9 heteroatoms. The summed E-state index contributed by atoms with van der Waals surface area (Å²) >= 11 is 0. The molecule has 1 atom stereocenters. The Morgan fingerprint density at radius 1 is 1.36 bits per heavy atom. The number of sulfonamides is 1. The lowest BCUT2D eigenvalue weighted by Crippen LogP contribution is -2.38. The maximum Gasteiger partial charge on any atom is 0.267 e. The summed E-state index contributed by atoms with van der Waals surface area (Å²) in [6.45, 7) is 0.331. The third kappa shape index (κ3) is 4.18. The summed E-state index contributed by atoms with van der Waals surface area (Å²) in [5.41, 5.74) is 5.85. The first-order valence-corrected chi connectivity index (χ1v) is 9.34. The summed E-state index contributed by atoms with van der Waals surface area (Å²) < 4.78 is 40.4. The number of amides is 1. The minimum atomic E-state index is -4.01. The zero-order valence-corrected chi connectivity index (χ0v) is 14.1. The molecule has 0 radical (unpaired) electrons. The van der Waals surface area contributed by atoms with Crippen LogP contribution in [0.1, 0.15) is 23.3 Å². The molecule has 1 amide bonds. The number of aromatic amines is 1. The highest BCUT2D eigenvalue weighted by molar-refractivity contribution is 7.92. The van der Waals surface area contributed by atoms with Gasteiger partial charge in [0, 0.05) is 18.8 Å². The number of nitrogens with two attached hydrogens (primary N) is 1. The van der Waals surface area contributed by atoms with Crippen LogP contribution in [0, 0.1) is 11.7 Å². The van der Waals surface area contributed by atoms with Crippen molar-refractivity contribution in [3.63, 3.8) is 0 Å². The van der Waals surface area contributed by atoms with Crippen molar-refractivity contribution in [1.29, 1.82) is 0 Å². The molecule has 2 aromatic rings. The molecule has 1 aromatic carbocycles. The molecule has 3 rings (SSSR count). The zero-order valence-electron chi connectivity index (χ0n) is 13.3. The fraction of sp³-hybridized carbons (Fsp3) is 0.312. The summed E-state index contributed by atoms with van der Waals surface area (Å²) in [5.74, 6) is -0.679. The number of anilines is 1. The smallest absolute Gasteiger partial charge is 0.267 e. The standard InChI is InChI=1S/C16H19FN4O3S/c17-12-3-1-2-4-14(12)21-25(23,24)11-7-15(19-8-11)16(22)20-9-13(18)10-5-6-10/h1-4,7-8,10,13,19,21H,5-6,9,18H2,(H,20,22). The number of rotatable bonds is 7. The largest absolute Gasteiger partial charge is 0.356 e. The van der Waals surface area contributed by atoms with Crippen LogP contribution in [-0.4, -0.2) is 31.9 Å². The van der Waals surface area contributed by atoms with E-state index in [9.17, 15) is 17.6 Å². The van der Waals surface area contributed by atoms with Crippen molar-refractivity contribution < 1.29 is 17.6 Å². The molecule has 7 nitrogen and oxygen atoms in total. The molecule has 1 heterocycles. The molecule has 0 spiro atoms. The Hall–Kier alpha value is -2.39. The van der Waals surface area contributed by atoms with Crippen LogP contribution in [0.2, 0.25) is 0 Å². The Bertz CT molecular complexity index is 877. The zero-order chi connectivity index (χ0) is 18.0. The van der Waals surface area contributed by atoms with Crippen molar-refractivity contribution in [1.82, 2.24) is 10.3 Å². The fourth-order valence-corrected chi connectivity index (χ4v) is 3.47. The topological polar surface area (TPSA) is 117 Å². The van der Waals surface area contributed by atoms with Gasteiger partial charge in [-0.3, -0.25) is 9.52 Å². The second kappa shape index (κ2) is 6.85. The van der Waals surface area contributed by atoms with Crippen molar-refractivity contribution in [3.8, 4) is 0 Å². The predicted molar refractivity (Wildman–Crippen MR) is 91.0 cm³/mol. The number of nitrogens with one attached hydrogen (secondary N) is 3. The van der Waals surface area contributed by atoms with Crippen LogP contribution in [0.15, 0.2) is 41.4 Å². The van der Waals surface area contributed by atoms with Gasteiger partial charge in [-0.25, -0.2) is 12.8 Å². The third-order valence-corrected chi connectivity index (χ3v) is 5.40. The number of para-hydroxylation sites is 1. The monoisotopic (exact) mass is 366 g/mol. The molecule has 0 aliphatic heterocycles. The van der Waals surface area contributed by atoms with E-state index in [2.05, 4.69) is 15.0 Å². The van der Waals surface area contributed by atoms with Crippen LogP contribution in [0.3, 0.4) is 0 Å². The molecule has 1 fully saturated rings. The van der Waals surface area contributed by atoms with Gasteiger partial charge in [-0.05, 0) is 37.0 Å². The van der Waals surface area contributed by atoms with E-state index < -0.39 is 21.7 Å². The van der Waals surface area contributed by atoms with Crippen molar-refractivity contribution in [2.75, 3.05) is 11.3 Å². The summed E-state index contributed by atoms with van der Waals surface area (Å²) in [5, 5.41) is 2.67. The molecule has 5 N–H and O–H groups in total. The Balaban J connectivity index is 1.67. The second-order valence-electron chi connectivity index (χ2n) is 6.05. The first kappa shape index (κ1) is 17.4. The minimum Gasteiger partial charge on any atom is -0.356 e. The highest BCUT2D eigenvalue weighted by atomic mass is 32.2. The lowest BCUT2D eigenvalue weighted by atomic mass is 10.2. The molecule has 134 valence electrons. The summed E-state index contributed by atoms with van der Waals surface area (Å²) in [6.07, 6.45) is 3.33. The minimum absolute atomic E-state index is 0.0927. The maximum absolute atomic E-state index is 13.6. The molecular formula is C16H19FN4O3S. The van der Waals surface area contributed by atoms with E-state index in [4.69, 9.17) is 5.73 Å². The van der Waals surface area contributed by atoms with Gasteiger partial charge in [0.05, 0.1) is 5.69 Å². The highest BCUT2D eigenvalue weighted by Gasteiger charge is 2.28. The van der Waals surface area contributed by atoms with Gasteiger partial charge >= 0.3 is 0 Å². The molecule has 1 aromatic heterocycles. The van der Waals surface area contributed by atoms with Gasteiger partial charge in [0.2, 0.25) is 0 Å². The molecule has 0 bridgehead atoms. The average Bonchev–Trinajstić information content (AvgIpc) is 3.30. The van der Waals surface area contributed by atoms with Crippen LogP contribution in [0.4, 0.5) is 10.1 Å². The van der Waals surface area contributed by atoms with E-state index >= 15 is 0 Å². The number of carbonyl (C=O) groups excluding carboxylic acids is 1. The van der Waals surface area contributed by atoms with Crippen LogP contribution < -0.4 is 15.8 Å². The molecule has 1 aliphatic carbocycles. The number of halogens is 1. The Kier molecular flexibility index (Phi) is 4.78. The van der Waals surface area contributed by atoms with Crippen LogP contribution >= 0.6 is 0 Å². The number of carbonyl (C=O) groups is 1. The van der Waals surface area contributed by atoms with Gasteiger partial charge < -0.3 is 16.0 Å². The quantitative estimate of drug-likeness (QED) is 0.593. The lowest BCUT2D eigenvalue weighted by Gasteiger charge is -2.10. The van der Waals surface area contributed by atoms with Gasteiger partial charge in [0.15, 0.2) is 0 Å². The first-order valence-electron chi connectivity index (χ1n) is 7.86. The van der Waals surface area contributed by atoms with Crippen LogP contribution in [0.25, 0.3) is 0 Å². The Labute approximate surface area is 144 Å². The molecule has 1 unspecified atom stereocenters. The number of hydrogen-bond donors (Lipinski definition) is 4. The highest BCUT2D eigenvalue weighted by Crippen LogP contribution is 2.31. The van der Waals surface area contributed by atoms with Crippen molar-refractivity contribution in [2.45, 2.75) is 23.8 Å². The van der Waals surface area contributed by atoms with Gasteiger partial charge in [-0.1, -0.05) is 12.1 Å². The van der Waals surface area contributed by atoms with Crippen LogP contribution in [0.5, 0.6) is 0 Å². The van der Waals surface area contributed by atoms with E-state index in [-0.39, 0.29) is 22.3 Å². The average molecular weight is 366 g/mol. The van der Waals surface area contributed by atoms with E-state index in [1.807, 2.05) is 0 Å². The number of hydrogen-bond acceptors (Lipinski definition) is 4. The Morgan fingerprint density at radius 3 is 2.76 bits per heavy atom. The molecule has 0 saturated heterocycles. The molecular weight excluding hydrogens is 347 g/mol. The van der Waals surface area contributed by atoms with Gasteiger partial charge in [-0.2, -0.15) is 0 Å². The number of H-pyrrole nitrogens is 1. The van der Waals surface area contributed by atoms with E-state index in [0.717, 1.165) is 18.9 Å². The third-order valence-electron chi connectivity index (χ3n) is 4.06. The van der Waals surface area contributed by atoms with E-state index in [1.165, 1.54) is 30.5 Å². The SMILES string of the molecule is NC(CNC(=O)c1cc(S(=O)(=O)Nc2ccccc2F)c[nH]1)C1CC1. The van der Waals surface area contributed by atoms with Gasteiger partial charge in [-0.15, -0.1) is 0 Å². The van der Waals surface area contributed by atoms with Crippen LogP contribution in [-0.2, 0) is 10.0 Å². The fourth-order valence-electron chi connectivity index (χ4n) is 2.41. The second-order valence-corrected chi connectivity index (χ2v) is 7.73. The Morgan fingerprint density at radius 2 is 2.08 bits per heavy atom. The lowest BCUT2D eigenvalue weighted by molar-refractivity contribution is 0.0946. The van der Waals surface area contributed by atoms with Crippen molar-refractivity contribution in [3.05, 3.63) is 48.0 Å². The van der Waals surface area contributed by atoms with Crippen molar-refractivity contribution in [2.24, 2.45) is 11.7 Å². The molecule has 1 aliphatic rings. The summed E-state index contributed by atoms with van der Waals surface area (Å²) in [4.78, 5) is 14.5. The summed E-state index contributed by atoms with van der Waals surface area (Å²) in [7, 11) is -4.01. The number of benzene rings is 1. The van der Waals surface area contributed by atoms with Gasteiger partial charge in [0.1, 0.15) is 16.4 Å². The van der Waals surface area contributed by atoms with Crippen molar-refractivity contribution >= 4 is 21.6 Å². The molecule has 25 heavy (non-hydrogen) atoms. The first-order chi connectivity index (χ1) is 11.9. The van der Waals surface area contributed by atoms with Gasteiger partial charge in [0.25, 0.3) is 15.9 Å². The molecule has 1 saturated carbocycles. The summed E-state index contributed by atoms with van der Waals surface area (Å²) in [6, 6.07) is 6.54.